The Morgan fingerprint density at radius 2 is 2.06 bits per heavy atom. The summed E-state index contributed by atoms with van der Waals surface area (Å²) in [5.74, 6) is 3.91. The molecule has 31 heavy (non-hydrogen) atoms. The maximum atomic E-state index is 6.19. The molecule has 1 aliphatic carbocycles. The quantitative estimate of drug-likeness (QED) is 0.680. The summed E-state index contributed by atoms with van der Waals surface area (Å²) in [6, 6.07) is 10.6. The van der Waals surface area contributed by atoms with Gasteiger partial charge in [-0.05, 0) is 44.4 Å². The fourth-order valence-corrected chi connectivity index (χ4v) is 4.89. The number of para-hydroxylation sites is 1. The Kier molecular flexibility index (Phi) is 4.76. The van der Waals surface area contributed by atoms with Crippen LogP contribution in [0.4, 0.5) is 5.82 Å². The Morgan fingerprint density at radius 3 is 2.94 bits per heavy atom. The van der Waals surface area contributed by atoms with E-state index in [0.717, 1.165) is 43.3 Å². The zero-order chi connectivity index (χ0) is 20.8. The zero-order valence-electron chi connectivity index (χ0n) is 17.8. The van der Waals surface area contributed by atoms with Crippen LogP contribution in [-0.4, -0.2) is 63.4 Å². The lowest BCUT2D eigenvalue weighted by Crippen LogP contribution is -2.53. The minimum Gasteiger partial charge on any atom is -0.491 e. The molecule has 162 valence electrons. The molecule has 0 amide bonds. The van der Waals surface area contributed by atoms with Crippen molar-refractivity contribution < 1.29 is 9.47 Å². The summed E-state index contributed by atoms with van der Waals surface area (Å²) < 4.78 is 13.7. The van der Waals surface area contributed by atoms with Crippen molar-refractivity contribution in [2.45, 2.75) is 49.8 Å². The predicted octanol–water partition coefficient (Wildman–Crippen LogP) is 3.03. The molecule has 0 bridgehead atoms. The predicted molar refractivity (Wildman–Crippen MR) is 116 cm³/mol. The van der Waals surface area contributed by atoms with Gasteiger partial charge in [0.05, 0.1) is 18.2 Å². The molecule has 1 saturated heterocycles. The summed E-state index contributed by atoms with van der Waals surface area (Å²) in [6.45, 7) is 2.62. The van der Waals surface area contributed by atoms with Gasteiger partial charge in [-0.15, -0.1) is 5.10 Å². The number of benzene rings is 1. The Hall–Kier alpha value is -2.71. The van der Waals surface area contributed by atoms with Crippen LogP contribution in [0.15, 0.2) is 36.5 Å². The van der Waals surface area contributed by atoms with Gasteiger partial charge in [-0.1, -0.05) is 18.2 Å². The highest BCUT2D eigenvalue weighted by Crippen LogP contribution is 2.39. The summed E-state index contributed by atoms with van der Waals surface area (Å²) >= 11 is 0. The number of anilines is 1. The van der Waals surface area contributed by atoms with E-state index in [-0.39, 0.29) is 18.2 Å². The standard InChI is InChI=1S/C23H28N6O2/c1-30-16-5-4-12-28(13-16)18-14-31-19-7-3-2-6-17(19)21(18)25-20-10-11-24-23-26-22(15-8-9-15)27-29(20)23/h2-3,6-7,10-11,15-16,18,21,25H,4-5,8-9,12-14H2,1H3/t16-,18-,21-/m0/s1. The molecule has 0 radical (unpaired) electrons. The average Bonchev–Trinajstić information content (AvgIpc) is 3.58. The van der Waals surface area contributed by atoms with Crippen LogP contribution in [-0.2, 0) is 4.74 Å². The Bertz CT molecular complexity index is 1080. The number of methoxy groups -OCH3 is 1. The van der Waals surface area contributed by atoms with E-state index in [1.54, 1.807) is 0 Å². The summed E-state index contributed by atoms with van der Waals surface area (Å²) in [5, 5.41) is 8.57. The third-order valence-corrected chi connectivity index (χ3v) is 6.76. The molecule has 0 unspecified atom stereocenters. The number of fused-ring (bicyclic) bond motifs is 2. The number of aromatic nitrogens is 4. The second kappa shape index (κ2) is 7.76. The fourth-order valence-electron chi connectivity index (χ4n) is 4.89. The van der Waals surface area contributed by atoms with Crippen LogP contribution in [0.25, 0.3) is 5.78 Å². The first-order valence-electron chi connectivity index (χ1n) is 11.3. The number of piperidine rings is 1. The first-order valence-corrected chi connectivity index (χ1v) is 11.3. The number of nitrogens with one attached hydrogen (secondary N) is 1. The van der Waals surface area contributed by atoms with Crippen LogP contribution in [0.1, 0.15) is 49.0 Å². The van der Waals surface area contributed by atoms with E-state index in [1.165, 1.54) is 18.4 Å². The largest absolute Gasteiger partial charge is 0.491 e. The van der Waals surface area contributed by atoms with Gasteiger partial charge in [0.15, 0.2) is 5.82 Å². The van der Waals surface area contributed by atoms with Gasteiger partial charge in [0.2, 0.25) is 0 Å². The van der Waals surface area contributed by atoms with Crippen molar-refractivity contribution in [2.75, 3.05) is 32.1 Å². The highest BCUT2D eigenvalue weighted by atomic mass is 16.5. The molecule has 1 aromatic carbocycles. The van der Waals surface area contributed by atoms with Gasteiger partial charge in [-0.25, -0.2) is 4.98 Å². The average molecular weight is 421 g/mol. The molecule has 1 saturated carbocycles. The molecule has 1 N–H and O–H groups in total. The van der Waals surface area contributed by atoms with Crippen molar-refractivity contribution in [2.24, 2.45) is 0 Å². The van der Waals surface area contributed by atoms with Gasteiger partial charge in [0.25, 0.3) is 5.78 Å². The highest BCUT2D eigenvalue weighted by Gasteiger charge is 2.37. The minimum absolute atomic E-state index is 0.0692. The third-order valence-electron chi connectivity index (χ3n) is 6.76. The zero-order valence-corrected chi connectivity index (χ0v) is 17.8. The molecular weight excluding hydrogens is 392 g/mol. The van der Waals surface area contributed by atoms with Crippen molar-refractivity contribution in [3.8, 4) is 5.75 Å². The van der Waals surface area contributed by atoms with Crippen LogP contribution in [0, 0.1) is 0 Å². The van der Waals surface area contributed by atoms with Crippen molar-refractivity contribution >= 4 is 11.6 Å². The molecule has 2 fully saturated rings. The summed E-state index contributed by atoms with van der Waals surface area (Å²) in [7, 11) is 1.81. The normalized spacial score (nSPS) is 26.4. The monoisotopic (exact) mass is 420 g/mol. The van der Waals surface area contributed by atoms with Crippen LogP contribution in [0.2, 0.25) is 0 Å². The molecule has 6 rings (SSSR count). The number of hydrogen-bond acceptors (Lipinski definition) is 7. The Balaban J connectivity index is 1.36. The molecule has 0 spiro atoms. The number of rotatable bonds is 5. The smallest absolute Gasteiger partial charge is 0.254 e. The van der Waals surface area contributed by atoms with E-state index >= 15 is 0 Å². The fraction of sp³-hybridized carbons (Fsp3) is 0.522. The van der Waals surface area contributed by atoms with Gasteiger partial charge < -0.3 is 14.8 Å². The lowest BCUT2D eigenvalue weighted by molar-refractivity contribution is -0.00271. The molecular formula is C23H28N6O2. The molecule has 3 aliphatic rings. The van der Waals surface area contributed by atoms with Crippen LogP contribution in [0.5, 0.6) is 5.75 Å². The molecule has 2 aromatic heterocycles. The van der Waals surface area contributed by atoms with Crippen molar-refractivity contribution in [3.63, 3.8) is 0 Å². The van der Waals surface area contributed by atoms with Gasteiger partial charge >= 0.3 is 0 Å². The van der Waals surface area contributed by atoms with E-state index < -0.39 is 0 Å². The number of hydrogen-bond donors (Lipinski definition) is 1. The number of likely N-dealkylation sites (tertiary alicyclic amines) is 1. The van der Waals surface area contributed by atoms with Gasteiger partial charge in [0, 0.05) is 31.3 Å². The first-order chi connectivity index (χ1) is 15.3. The van der Waals surface area contributed by atoms with Gasteiger partial charge in [-0.3, -0.25) is 4.90 Å². The van der Waals surface area contributed by atoms with Crippen LogP contribution in [0.3, 0.4) is 0 Å². The van der Waals surface area contributed by atoms with Crippen LogP contribution < -0.4 is 10.1 Å². The van der Waals surface area contributed by atoms with Crippen molar-refractivity contribution in [1.29, 1.82) is 0 Å². The van der Waals surface area contributed by atoms with E-state index in [1.807, 2.05) is 30.0 Å². The second-order valence-corrected chi connectivity index (χ2v) is 8.82. The molecule has 3 aromatic rings. The molecule has 3 atom stereocenters. The maximum Gasteiger partial charge on any atom is 0.254 e. The van der Waals surface area contributed by atoms with Gasteiger partial charge in [-0.2, -0.15) is 9.50 Å². The number of ether oxygens (including phenoxy) is 2. The third kappa shape index (κ3) is 3.53. The molecule has 2 aliphatic heterocycles. The van der Waals surface area contributed by atoms with Crippen molar-refractivity contribution in [3.05, 3.63) is 47.9 Å². The summed E-state index contributed by atoms with van der Waals surface area (Å²) in [6.07, 6.45) is 6.68. The Morgan fingerprint density at radius 1 is 1.16 bits per heavy atom. The molecule has 8 nitrogen and oxygen atoms in total. The lowest BCUT2D eigenvalue weighted by atomic mass is 9.93. The summed E-state index contributed by atoms with van der Waals surface area (Å²) in [5.41, 5.74) is 1.17. The van der Waals surface area contributed by atoms with E-state index in [2.05, 4.69) is 38.4 Å². The van der Waals surface area contributed by atoms with E-state index in [0.29, 0.717) is 18.3 Å². The highest BCUT2D eigenvalue weighted by molar-refractivity contribution is 5.49. The lowest BCUT2D eigenvalue weighted by Gasteiger charge is -2.44. The van der Waals surface area contributed by atoms with E-state index in [4.69, 9.17) is 14.6 Å². The minimum atomic E-state index is 0.0692. The second-order valence-electron chi connectivity index (χ2n) is 8.82. The number of nitrogens with zero attached hydrogens (tertiary/aromatic N) is 5. The first kappa shape index (κ1) is 19.0. The Labute approximate surface area is 181 Å². The summed E-state index contributed by atoms with van der Waals surface area (Å²) in [4.78, 5) is 11.6. The van der Waals surface area contributed by atoms with E-state index in [9.17, 15) is 0 Å². The van der Waals surface area contributed by atoms with Crippen molar-refractivity contribution in [1.82, 2.24) is 24.5 Å². The molecule has 8 heteroatoms. The molecule has 4 heterocycles. The van der Waals surface area contributed by atoms with Gasteiger partial charge in [0.1, 0.15) is 18.2 Å². The van der Waals surface area contributed by atoms with Crippen LogP contribution >= 0.6 is 0 Å². The topological polar surface area (TPSA) is 76.8 Å². The maximum absolute atomic E-state index is 6.19. The SMILES string of the molecule is CO[C@H]1CCCN([C@H]2COc3ccccc3[C@@H]2Nc2ccnc3nc(C4CC4)nn23)C1.